The van der Waals surface area contributed by atoms with Gasteiger partial charge in [-0.1, -0.05) is 12.1 Å². The number of nitrogens with one attached hydrogen (secondary N) is 2. The predicted octanol–water partition coefficient (Wildman–Crippen LogP) is -0.0113. The highest BCUT2D eigenvalue weighted by Crippen LogP contribution is 2.52. The van der Waals surface area contributed by atoms with Crippen LogP contribution in [-0.2, 0) is 15.9 Å². The Hall–Kier alpha value is -4.12. The van der Waals surface area contributed by atoms with E-state index in [2.05, 4.69) is 10.5 Å². The zero-order valence-corrected chi connectivity index (χ0v) is 23.6. The number of ketones is 2. The topological polar surface area (TPSA) is 248 Å². The van der Waals surface area contributed by atoms with Crippen LogP contribution in [0.25, 0.3) is 0 Å². The maximum Gasteiger partial charge on any atom is 0.349 e. The number of ether oxygens (including phenoxy) is 3. The molecule has 10 N–H and O–H groups in total. The molecule has 3 aliphatic rings. The SMILES string of the molecule is COc1cccc2c1C(=O)c1c(O)c3c(c(O)c1C2=O)C[C@@](O)(/C(C)=N/NC(=O)NN)C[C@@H]3OC1CC(N)C(O)C(C)O1. The zero-order valence-electron chi connectivity index (χ0n) is 23.6. The lowest BCUT2D eigenvalue weighted by atomic mass is 9.72. The second-order valence-electron chi connectivity index (χ2n) is 10.9. The van der Waals surface area contributed by atoms with Gasteiger partial charge in [0.15, 0.2) is 12.1 Å². The van der Waals surface area contributed by atoms with Gasteiger partial charge in [-0.15, -0.1) is 0 Å². The Morgan fingerprint density at radius 1 is 1.16 bits per heavy atom. The second-order valence-corrected chi connectivity index (χ2v) is 10.9. The van der Waals surface area contributed by atoms with Crippen LogP contribution in [0.1, 0.15) is 75.8 Å². The van der Waals surface area contributed by atoms with Crippen LogP contribution in [0.2, 0.25) is 0 Å². The van der Waals surface area contributed by atoms with Gasteiger partial charge >= 0.3 is 6.03 Å². The van der Waals surface area contributed by atoms with E-state index in [-0.39, 0.29) is 53.0 Å². The fraction of sp³-hybridized carbons (Fsp3) is 0.429. The molecule has 15 heteroatoms. The first-order chi connectivity index (χ1) is 20.3. The van der Waals surface area contributed by atoms with E-state index in [9.17, 15) is 34.8 Å². The van der Waals surface area contributed by atoms with Crippen molar-refractivity contribution >= 4 is 23.3 Å². The van der Waals surface area contributed by atoms with Gasteiger partial charge in [-0.2, -0.15) is 5.10 Å². The average molecular weight is 600 g/mol. The summed E-state index contributed by atoms with van der Waals surface area (Å²) in [5.74, 6) is 2.46. The number of rotatable bonds is 5. The van der Waals surface area contributed by atoms with Crippen LogP contribution in [0.4, 0.5) is 4.79 Å². The maximum atomic E-state index is 13.8. The molecule has 0 bridgehead atoms. The molecule has 0 aromatic heterocycles. The molecule has 2 aliphatic carbocycles. The fourth-order valence-corrected chi connectivity index (χ4v) is 5.94. The number of carbonyl (C=O) groups is 3. The molecular formula is C28H33N5O10. The smallest absolute Gasteiger partial charge is 0.349 e. The van der Waals surface area contributed by atoms with Gasteiger partial charge in [-0.3, -0.25) is 15.0 Å². The number of nitrogens with two attached hydrogens (primary N) is 2. The molecule has 2 amide bonds. The molecule has 6 atom stereocenters. The fourth-order valence-electron chi connectivity index (χ4n) is 5.94. The van der Waals surface area contributed by atoms with Crippen molar-refractivity contribution in [1.82, 2.24) is 10.9 Å². The second kappa shape index (κ2) is 11.2. The minimum Gasteiger partial charge on any atom is -0.507 e. The summed E-state index contributed by atoms with van der Waals surface area (Å²) in [5.41, 5.74) is 7.02. The van der Waals surface area contributed by atoms with Crippen LogP contribution < -0.4 is 27.2 Å². The quantitative estimate of drug-likeness (QED) is 0.0634. The van der Waals surface area contributed by atoms with Crippen molar-refractivity contribution in [1.29, 1.82) is 0 Å². The summed E-state index contributed by atoms with van der Waals surface area (Å²) >= 11 is 0. The lowest BCUT2D eigenvalue weighted by Crippen LogP contribution is -2.52. The molecule has 5 rings (SSSR count). The van der Waals surface area contributed by atoms with Gasteiger partial charge in [0, 0.05) is 42.0 Å². The largest absolute Gasteiger partial charge is 0.507 e. The number of carbonyl (C=O) groups excluding carboxylic acids is 3. The van der Waals surface area contributed by atoms with E-state index >= 15 is 0 Å². The number of hydrogen-bond donors (Lipinski definition) is 8. The van der Waals surface area contributed by atoms with Gasteiger partial charge in [-0.05, 0) is 19.9 Å². The highest BCUT2D eigenvalue weighted by atomic mass is 16.7. The van der Waals surface area contributed by atoms with Gasteiger partial charge in [-0.25, -0.2) is 16.1 Å². The Labute approximate surface area is 245 Å². The van der Waals surface area contributed by atoms with Gasteiger partial charge in [0.25, 0.3) is 0 Å². The summed E-state index contributed by atoms with van der Waals surface area (Å²) in [6.45, 7) is 3.02. The van der Waals surface area contributed by atoms with Crippen LogP contribution >= 0.6 is 0 Å². The monoisotopic (exact) mass is 599 g/mol. The summed E-state index contributed by atoms with van der Waals surface area (Å²) in [6, 6.07) is 2.84. The molecule has 1 fully saturated rings. The number of phenols is 2. The van der Waals surface area contributed by atoms with E-state index in [4.69, 9.17) is 25.8 Å². The number of phenolic OH excluding ortho intramolecular Hbond substituents is 2. The Morgan fingerprint density at radius 2 is 1.86 bits per heavy atom. The zero-order chi connectivity index (χ0) is 31.4. The number of amides is 2. The molecule has 1 heterocycles. The number of methoxy groups -OCH3 is 1. The third-order valence-electron chi connectivity index (χ3n) is 8.27. The van der Waals surface area contributed by atoms with Crippen molar-refractivity contribution < 1.29 is 49.0 Å². The molecule has 1 saturated heterocycles. The number of aromatic hydroxyl groups is 2. The number of hydrogen-bond acceptors (Lipinski definition) is 13. The maximum absolute atomic E-state index is 13.8. The number of benzene rings is 2. The number of urea groups is 1. The first-order valence-electron chi connectivity index (χ1n) is 13.5. The third kappa shape index (κ3) is 4.99. The number of hydrazone groups is 1. The number of nitrogens with zero attached hydrogens (tertiary/aromatic N) is 1. The van der Waals surface area contributed by atoms with E-state index in [1.165, 1.54) is 32.2 Å². The molecule has 2 aromatic carbocycles. The highest BCUT2D eigenvalue weighted by molar-refractivity contribution is 6.31. The molecule has 0 radical (unpaired) electrons. The number of hydrazine groups is 1. The van der Waals surface area contributed by atoms with E-state index in [1.54, 1.807) is 6.92 Å². The number of fused-ring (bicyclic) bond motifs is 3. The number of aliphatic hydroxyl groups excluding tert-OH is 1. The molecular weight excluding hydrogens is 566 g/mol. The standard InChI is InChI=1S/C28H33N5O10/c1-10-22(34)14(29)7-17(42-10)43-16-9-28(40,11(2)32-33-27(39)31-30)8-13-19(16)26(38)21-20(24(13)36)23(35)12-5-4-6-15(41-3)18(12)25(21)37/h4-6,10,14,16-17,22,34,36,38,40H,7-9,29-30H2,1-3H3,(H2,31,33,39)/b32-11+/t10?,14?,16-,17?,22?,28-/m0/s1. The minimum atomic E-state index is -1.90. The first kappa shape index (κ1) is 30.3. The molecule has 0 spiro atoms. The molecule has 4 unspecified atom stereocenters. The van der Waals surface area contributed by atoms with Crippen LogP contribution in [0.5, 0.6) is 17.2 Å². The Morgan fingerprint density at radius 3 is 2.51 bits per heavy atom. The summed E-state index contributed by atoms with van der Waals surface area (Å²) in [5, 5.41) is 49.1. The van der Waals surface area contributed by atoms with E-state index in [0.29, 0.717) is 0 Å². The van der Waals surface area contributed by atoms with Gasteiger partial charge < -0.3 is 40.4 Å². The van der Waals surface area contributed by atoms with Gasteiger partial charge in [0.2, 0.25) is 5.78 Å². The van der Waals surface area contributed by atoms with Gasteiger partial charge in [0.1, 0.15) is 22.8 Å². The first-order valence-corrected chi connectivity index (χ1v) is 13.5. The lowest BCUT2D eigenvalue weighted by molar-refractivity contribution is -0.245. The molecule has 15 nitrogen and oxygen atoms in total. The summed E-state index contributed by atoms with van der Waals surface area (Å²) in [7, 11) is 1.33. The molecule has 1 aliphatic heterocycles. The van der Waals surface area contributed by atoms with Gasteiger partial charge in [0.05, 0.1) is 47.8 Å². The third-order valence-corrected chi connectivity index (χ3v) is 8.27. The van der Waals surface area contributed by atoms with E-state index in [0.717, 1.165) is 0 Å². The molecule has 43 heavy (non-hydrogen) atoms. The van der Waals surface area contributed by atoms with E-state index in [1.807, 2.05) is 5.43 Å². The average Bonchev–Trinajstić information content (AvgIpc) is 2.98. The minimum absolute atomic E-state index is 0.0190. The molecule has 2 aromatic rings. The normalized spacial score (nSPS) is 28.4. The van der Waals surface area contributed by atoms with Crippen LogP contribution in [0.15, 0.2) is 23.3 Å². The summed E-state index contributed by atoms with van der Waals surface area (Å²) in [6.07, 6.45) is -4.59. The van der Waals surface area contributed by atoms with Crippen molar-refractivity contribution in [2.45, 2.75) is 69.4 Å². The van der Waals surface area contributed by atoms with Crippen LogP contribution in [0, 0.1) is 0 Å². The summed E-state index contributed by atoms with van der Waals surface area (Å²) in [4.78, 5) is 39.1. The van der Waals surface area contributed by atoms with E-state index < -0.39 is 76.5 Å². The van der Waals surface area contributed by atoms with Crippen molar-refractivity contribution in [3.05, 3.63) is 51.6 Å². The highest BCUT2D eigenvalue weighted by Gasteiger charge is 2.49. The Balaban J connectivity index is 1.67. The van der Waals surface area contributed by atoms with Crippen molar-refractivity contribution in [3.8, 4) is 17.2 Å². The molecule has 230 valence electrons. The summed E-state index contributed by atoms with van der Waals surface area (Å²) < 4.78 is 17.3. The van der Waals surface area contributed by atoms with Crippen LogP contribution in [0.3, 0.4) is 0 Å². The number of aliphatic hydroxyl groups is 2. The Bertz CT molecular complexity index is 1530. The van der Waals surface area contributed by atoms with Crippen molar-refractivity contribution in [3.63, 3.8) is 0 Å². The molecule has 0 saturated carbocycles. The van der Waals surface area contributed by atoms with Crippen molar-refractivity contribution in [2.24, 2.45) is 16.7 Å². The lowest BCUT2D eigenvalue weighted by Gasteiger charge is -2.42. The van der Waals surface area contributed by atoms with Crippen LogP contribution in [-0.4, -0.2) is 81.0 Å². The predicted molar refractivity (Wildman–Crippen MR) is 149 cm³/mol. The van der Waals surface area contributed by atoms with Crippen molar-refractivity contribution in [2.75, 3.05) is 7.11 Å². The Kier molecular flexibility index (Phi) is 7.89.